The van der Waals surface area contributed by atoms with Gasteiger partial charge in [0.05, 0.1) is 14.1 Å². The fraction of sp³-hybridized carbons (Fsp3) is 0.333. The Balaban J connectivity index is 3.12. The van der Waals surface area contributed by atoms with Gasteiger partial charge >= 0.3 is 10.3 Å². The summed E-state index contributed by atoms with van der Waals surface area (Å²) >= 11 is 0. The van der Waals surface area contributed by atoms with E-state index in [-0.39, 0.29) is 6.04 Å². The van der Waals surface area contributed by atoms with Crippen molar-refractivity contribution in [3.05, 3.63) is 42.0 Å². The third kappa shape index (κ3) is 2.74. The first-order valence-corrected chi connectivity index (χ1v) is 6.63. The first-order valence-electron chi connectivity index (χ1n) is 5.24. The van der Waals surface area contributed by atoms with Gasteiger partial charge in [-0.1, -0.05) is 36.9 Å². The molecule has 1 aromatic rings. The lowest BCUT2D eigenvalue weighted by molar-refractivity contribution is -0.800. The van der Waals surface area contributed by atoms with Gasteiger partial charge in [-0.25, -0.2) is 4.55 Å². The largest absolute Gasteiger partial charge is 0.432 e. The predicted molar refractivity (Wildman–Crippen MR) is 68.6 cm³/mol. The molecule has 1 atom stereocenters. The van der Waals surface area contributed by atoms with E-state index >= 15 is 0 Å². The van der Waals surface area contributed by atoms with Gasteiger partial charge in [-0.15, -0.1) is 8.42 Å². The van der Waals surface area contributed by atoms with E-state index in [0.29, 0.717) is 0 Å². The van der Waals surface area contributed by atoms with Crippen LogP contribution in [0.3, 0.4) is 0 Å². The molecular formula is C12H18NO3S+. The molecule has 0 spiro atoms. The van der Waals surface area contributed by atoms with Crippen molar-refractivity contribution in [2.45, 2.75) is 13.0 Å². The first kappa shape index (κ1) is 13.9. The Hall–Kier alpha value is -1.17. The highest BCUT2D eigenvalue weighted by atomic mass is 32.2. The molecule has 1 rings (SSSR count). The third-order valence-electron chi connectivity index (χ3n) is 3.18. The summed E-state index contributed by atoms with van der Waals surface area (Å²) < 4.78 is 31.3. The molecule has 0 amide bonds. The first-order chi connectivity index (χ1) is 7.70. The maximum Gasteiger partial charge on any atom is 0.432 e. The summed E-state index contributed by atoms with van der Waals surface area (Å²) in [4.78, 5) is 0. The van der Waals surface area contributed by atoms with Gasteiger partial charge in [0, 0.05) is 5.56 Å². The van der Waals surface area contributed by atoms with Crippen LogP contribution in [0.5, 0.6) is 0 Å². The van der Waals surface area contributed by atoms with Crippen LogP contribution in [0.2, 0.25) is 0 Å². The maximum absolute atomic E-state index is 11.3. The molecule has 0 aliphatic heterocycles. The highest BCUT2D eigenvalue weighted by Gasteiger charge is 2.37. The average molecular weight is 256 g/mol. The molecule has 0 saturated heterocycles. The SMILES string of the molecule is C=Cc1ccc(C(C)[N+](C)(C)S(=O)(=O)O)cc1. The fourth-order valence-corrected chi connectivity index (χ4v) is 1.99. The van der Waals surface area contributed by atoms with Crippen LogP contribution >= 0.6 is 0 Å². The van der Waals surface area contributed by atoms with Gasteiger partial charge in [0.15, 0.2) is 0 Å². The second-order valence-electron chi connectivity index (χ2n) is 4.43. The molecule has 1 aromatic carbocycles. The van der Waals surface area contributed by atoms with Crippen LogP contribution in [-0.4, -0.2) is 31.0 Å². The van der Waals surface area contributed by atoms with Crippen LogP contribution in [0.15, 0.2) is 30.8 Å². The van der Waals surface area contributed by atoms with Crippen LogP contribution in [0.4, 0.5) is 0 Å². The van der Waals surface area contributed by atoms with Crippen molar-refractivity contribution < 1.29 is 16.9 Å². The Bertz CT molecular complexity index is 503. The molecule has 1 unspecified atom stereocenters. The van der Waals surface area contributed by atoms with Gasteiger partial charge in [0.1, 0.15) is 6.04 Å². The molecule has 0 saturated carbocycles. The molecule has 0 fully saturated rings. The van der Waals surface area contributed by atoms with Gasteiger partial charge in [0.25, 0.3) is 0 Å². The van der Waals surface area contributed by atoms with E-state index < -0.39 is 14.2 Å². The van der Waals surface area contributed by atoms with Crippen molar-refractivity contribution in [1.82, 2.24) is 0 Å². The highest BCUT2D eigenvalue weighted by Crippen LogP contribution is 2.27. The van der Waals surface area contributed by atoms with Crippen molar-refractivity contribution in [2.24, 2.45) is 0 Å². The van der Waals surface area contributed by atoms with E-state index in [1.54, 1.807) is 13.0 Å². The monoisotopic (exact) mass is 256 g/mol. The number of quaternary nitrogens is 1. The molecule has 1 N–H and O–H groups in total. The van der Waals surface area contributed by atoms with Gasteiger partial charge in [0.2, 0.25) is 0 Å². The zero-order valence-corrected chi connectivity index (χ0v) is 11.1. The third-order valence-corrected chi connectivity index (χ3v) is 4.69. The highest BCUT2D eigenvalue weighted by molar-refractivity contribution is 7.80. The molecule has 0 heterocycles. The second-order valence-corrected chi connectivity index (χ2v) is 6.27. The number of benzene rings is 1. The lowest BCUT2D eigenvalue weighted by Gasteiger charge is -2.31. The lowest BCUT2D eigenvalue weighted by atomic mass is 10.1. The summed E-state index contributed by atoms with van der Waals surface area (Å²) in [6.45, 7) is 5.41. The fourth-order valence-electron chi connectivity index (χ4n) is 1.47. The molecule has 0 radical (unpaired) electrons. The lowest BCUT2D eigenvalue weighted by Crippen LogP contribution is -2.46. The molecule has 0 aromatic heterocycles. The summed E-state index contributed by atoms with van der Waals surface area (Å²) in [6, 6.07) is 7.05. The molecule has 5 heteroatoms. The molecule has 17 heavy (non-hydrogen) atoms. The van der Waals surface area contributed by atoms with E-state index in [1.165, 1.54) is 14.1 Å². The molecular weight excluding hydrogens is 238 g/mol. The predicted octanol–water partition coefficient (Wildman–Crippen LogP) is 2.27. The van der Waals surface area contributed by atoms with Crippen LogP contribution in [0.25, 0.3) is 6.08 Å². The smallest absolute Gasteiger partial charge is 0.241 e. The standard InChI is InChI=1S/C12H17NO3S/c1-5-11-6-8-12(9-7-11)10(2)13(3,4)17(14,15)16/h5-10H,1H2,2-4H3/p+1. The van der Waals surface area contributed by atoms with Crippen molar-refractivity contribution >= 4 is 16.4 Å². The Morgan fingerprint density at radius 2 is 1.76 bits per heavy atom. The van der Waals surface area contributed by atoms with Crippen LogP contribution in [0.1, 0.15) is 24.1 Å². The van der Waals surface area contributed by atoms with Gasteiger partial charge in [-0.05, 0) is 12.5 Å². The topological polar surface area (TPSA) is 54.4 Å². The van der Waals surface area contributed by atoms with Crippen LogP contribution in [0, 0.1) is 0 Å². The zero-order valence-electron chi connectivity index (χ0n) is 10.3. The minimum absolute atomic E-state index is 0.358. The number of rotatable bonds is 4. The second kappa shape index (κ2) is 4.60. The van der Waals surface area contributed by atoms with E-state index in [4.69, 9.17) is 0 Å². The van der Waals surface area contributed by atoms with Crippen molar-refractivity contribution in [1.29, 1.82) is 0 Å². The Kier molecular flexibility index (Phi) is 3.76. The molecule has 0 bridgehead atoms. The summed E-state index contributed by atoms with van der Waals surface area (Å²) in [5, 5.41) is 0. The maximum atomic E-state index is 11.3. The van der Waals surface area contributed by atoms with E-state index in [0.717, 1.165) is 11.1 Å². The molecule has 4 nitrogen and oxygen atoms in total. The van der Waals surface area contributed by atoms with E-state index in [9.17, 15) is 13.0 Å². The molecule has 0 aliphatic carbocycles. The summed E-state index contributed by atoms with van der Waals surface area (Å²) in [6.07, 6.45) is 1.72. The summed E-state index contributed by atoms with van der Waals surface area (Å²) in [7, 11) is -1.23. The number of nitrogens with zero attached hydrogens (tertiary/aromatic N) is 1. The van der Waals surface area contributed by atoms with Crippen molar-refractivity contribution in [3.63, 3.8) is 0 Å². The normalized spacial score (nSPS) is 14.4. The van der Waals surface area contributed by atoms with Gasteiger partial charge < -0.3 is 0 Å². The zero-order chi connectivity index (χ0) is 13.3. The van der Waals surface area contributed by atoms with Gasteiger partial charge in [-0.3, -0.25) is 0 Å². The van der Waals surface area contributed by atoms with Crippen LogP contribution in [-0.2, 0) is 10.3 Å². The number of hydrogen-bond donors (Lipinski definition) is 1. The van der Waals surface area contributed by atoms with E-state index in [1.807, 2.05) is 24.3 Å². The average Bonchev–Trinajstić information content (AvgIpc) is 2.26. The van der Waals surface area contributed by atoms with Crippen LogP contribution < -0.4 is 0 Å². The quantitative estimate of drug-likeness (QED) is 0.664. The summed E-state index contributed by atoms with van der Waals surface area (Å²) in [5.74, 6) is 0. The molecule has 94 valence electrons. The van der Waals surface area contributed by atoms with E-state index in [2.05, 4.69) is 6.58 Å². The minimum atomic E-state index is -4.15. The Labute approximate surface area is 103 Å². The van der Waals surface area contributed by atoms with Crippen molar-refractivity contribution in [2.75, 3.05) is 14.1 Å². The Morgan fingerprint density at radius 3 is 2.12 bits per heavy atom. The van der Waals surface area contributed by atoms with Gasteiger partial charge in [-0.2, -0.15) is 3.89 Å². The number of hydrogen-bond acceptors (Lipinski definition) is 2. The molecule has 0 aliphatic rings. The van der Waals surface area contributed by atoms with Crippen molar-refractivity contribution in [3.8, 4) is 0 Å². The Morgan fingerprint density at radius 1 is 1.29 bits per heavy atom. The summed E-state index contributed by atoms with van der Waals surface area (Å²) in [5.41, 5.74) is 1.82. The minimum Gasteiger partial charge on any atom is -0.241 e.